The van der Waals surface area contributed by atoms with Gasteiger partial charge in [-0.25, -0.2) is 19.2 Å². The van der Waals surface area contributed by atoms with Crippen LogP contribution >= 0.6 is 0 Å². The molecule has 97 heavy (non-hydrogen) atoms. The summed E-state index contributed by atoms with van der Waals surface area (Å²) in [6.07, 6.45) is -1.05. The third-order valence-corrected chi connectivity index (χ3v) is 16.2. The molecule has 0 saturated heterocycles. The average molecular weight is 1450 g/mol. The van der Waals surface area contributed by atoms with Crippen molar-refractivity contribution in [2.24, 2.45) is 0 Å². The normalized spacial score (nSPS) is 11.7. The van der Waals surface area contributed by atoms with Crippen molar-refractivity contribution in [3.63, 3.8) is 0 Å². The second-order valence-corrected chi connectivity index (χ2v) is 27.5. The van der Waals surface area contributed by atoms with Crippen LogP contribution in [0.15, 0.2) is 197 Å². The largest absolute Gasteiger partial charge is 1.00 e. The van der Waals surface area contributed by atoms with E-state index in [4.69, 9.17) is 46.3 Å². The van der Waals surface area contributed by atoms with Crippen LogP contribution in [0.25, 0.3) is 0 Å². The third-order valence-electron chi connectivity index (χ3n) is 12.3. The summed E-state index contributed by atoms with van der Waals surface area (Å²) in [5.41, 5.74) is 4.56. The number of aryl methyl sites for hydroxylation is 3. The predicted octanol–water partition coefficient (Wildman–Crippen LogP) is 3.50. The number of esters is 2. The summed E-state index contributed by atoms with van der Waals surface area (Å²) in [6.45, 7) is 15.0. The molecule has 3 N–H and O–H groups in total. The number of alkyl carbamates (subject to hydrolysis) is 2. The van der Waals surface area contributed by atoms with Crippen molar-refractivity contribution in [3.8, 4) is 11.5 Å². The molecule has 0 fully saturated rings. The first-order chi connectivity index (χ1) is 44.8. The second kappa shape index (κ2) is 43.6. The number of rotatable bonds is 26. The van der Waals surface area contributed by atoms with Gasteiger partial charge in [-0.1, -0.05) is 138 Å². The van der Waals surface area contributed by atoms with E-state index >= 15 is 0 Å². The smallest absolute Gasteiger partial charge is 1.00 e. The zero-order valence-electron chi connectivity index (χ0n) is 57.0. The number of amides is 2. The summed E-state index contributed by atoms with van der Waals surface area (Å²) in [5, 5.41) is 23.0. The van der Waals surface area contributed by atoms with Crippen LogP contribution < -0.4 is 123 Å². The van der Waals surface area contributed by atoms with E-state index in [-0.39, 0.29) is 170 Å². The Morgan fingerprint density at radius 3 is 1.06 bits per heavy atom. The first kappa shape index (κ1) is 87.1. The summed E-state index contributed by atoms with van der Waals surface area (Å²) < 4.78 is 114. The molecule has 0 aromatic heterocycles. The second-order valence-electron chi connectivity index (χ2n) is 22.6. The van der Waals surface area contributed by atoms with Gasteiger partial charge in [-0.05, 0) is 145 Å². The van der Waals surface area contributed by atoms with Gasteiger partial charge < -0.3 is 51.0 Å². The Kier molecular flexibility index (Phi) is 39.1. The van der Waals surface area contributed by atoms with Gasteiger partial charge in [0.25, 0.3) is 36.8 Å². The van der Waals surface area contributed by atoms with E-state index in [0.29, 0.717) is 5.75 Å². The number of benzene rings is 7. The van der Waals surface area contributed by atoms with Gasteiger partial charge in [0.15, 0.2) is 0 Å². The molecule has 2 unspecified atom stereocenters. The molecule has 0 aliphatic heterocycles. The Balaban J connectivity index is 0.000000729. The molecule has 7 aromatic carbocycles. The quantitative estimate of drug-likeness (QED) is 0.0102. The molecule has 2 atom stereocenters. The molecule has 29 heteroatoms. The standard InChI is InChI=1S/C30H35NO8S.C21H25NO5.C16H18O6S2.CH2O3.2K.H/c1-22-10-16-26(17-11-22)40(34,35)38-19-18-36-25-14-12-23(13-15-25)20-27(31-29(33)39-30(2,3)4)28(32)37-21-24-8-6-5-7-9-24;1-21(2,3)27-20(25)22-18(13-15-9-11-17(23)12-10-15)19(24)26-14-16-7-5-4-6-8-16;1-13-3-7-15(8-4-13)23(17,18)21-11-12-22-24(19,20)16-9-5-14(2)6-10-16;2-1-4-3;;;/h5-17,27H,18-21H2,1-4H3,(H,31,33);4-12,18,23H,13-14H2,1-3H3,(H,22,25);3-10H,11-12H2,1-2H3;1,3H;;;/q;;;;2*+1;-1/p-1. The van der Waals surface area contributed by atoms with Gasteiger partial charge >= 0.3 is 127 Å². The Morgan fingerprint density at radius 1 is 0.464 bits per heavy atom. The number of aromatic hydroxyl groups is 1. The van der Waals surface area contributed by atoms with Gasteiger partial charge in [-0.15, -0.1) is 0 Å². The molecule has 2 amide bonds. The number of hydrogen-bond donors (Lipinski definition) is 3. The molecule has 7 rings (SSSR count). The summed E-state index contributed by atoms with van der Waals surface area (Å²) in [5.74, 6) is -0.537. The fourth-order valence-electron chi connectivity index (χ4n) is 7.68. The molecular formula is C68H80K2N2O22S3. The zero-order valence-corrected chi connectivity index (χ0v) is 64.7. The molecule has 0 radical (unpaired) electrons. The summed E-state index contributed by atoms with van der Waals surface area (Å²) in [7, 11) is -11.8. The van der Waals surface area contributed by atoms with Gasteiger partial charge in [-0.2, -0.15) is 25.3 Å². The molecule has 0 heterocycles. The van der Waals surface area contributed by atoms with Crippen LogP contribution in [0.5, 0.6) is 11.5 Å². The molecule has 514 valence electrons. The minimum atomic E-state index is -3.94. The van der Waals surface area contributed by atoms with Crippen molar-refractivity contribution >= 4 is 61.0 Å². The minimum absolute atomic E-state index is 0. The van der Waals surface area contributed by atoms with Crippen LogP contribution in [0, 0.1) is 20.8 Å². The molecule has 0 bridgehead atoms. The van der Waals surface area contributed by atoms with E-state index in [2.05, 4.69) is 15.5 Å². The number of hydrogen-bond acceptors (Lipinski definition) is 22. The van der Waals surface area contributed by atoms with Gasteiger partial charge in [0.2, 0.25) is 0 Å². The monoisotopic (exact) mass is 1450 g/mol. The van der Waals surface area contributed by atoms with Crippen molar-refractivity contribution in [1.82, 2.24) is 10.6 Å². The van der Waals surface area contributed by atoms with Gasteiger partial charge in [0, 0.05) is 12.8 Å². The van der Waals surface area contributed by atoms with E-state index in [1.165, 1.54) is 48.5 Å². The van der Waals surface area contributed by atoms with Crippen LogP contribution in [0.4, 0.5) is 9.59 Å². The Bertz CT molecular complexity index is 3790. The van der Waals surface area contributed by atoms with Crippen LogP contribution in [0.1, 0.15) is 81.9 Å². The van der Waals surface area contributed by atoms with E-state index in [0.717, 1.165) is 38.9 Å². The summed E-state index contributed by atoms with van der Waals surface area (Å²) in [4.78, 5) is 61.3. The number of ether oxygens (including phenoxy) is 5. The van der Waals surface area contributed by atoms with Gasteiger partial charge in [0.05, 0.1) is 27.9 Å². The van der Waals surface area contributed by atoms with Crippen molar-refractivity contribution < 1.29 is 205 Å². The topological polar surface area (TPSA) is 338 Å². The number of carbonyl (C=O) groups is 5. The Labute approximate surface area is 654 Å². The maximum absolute atomic E-state index is 12.9. The zero-order chi connectivity index (χ0) is 70.2. The Morgan fingerprint density at radius 2 is 0.763 bits per heavy atom. The van der Waals surface area contributed by atoms with E-state index < -0.39 is 91.0 Å². The van der Waals surface area contributed by atoms with Gasteiger partial charge in [0.1, 0.15) is 61.2 Å². The SMILES string of the molecule is CC(C)(C)OC(=O)NC(Cc1ccc(O)cc1)C(=O)OCc1ccccc1.Cc1ccc(S(=O)(=O)OCCOS(=O)(=O)c2ccc(C)cc2)cc1.Cc1ccc(S(=O)(=O)OCCOc2ccc(CC(NC(=O)OC(C)(C)C)C(=O)OCc3ccccc3)cc2)cc1.O=CO[O-].[H-].[K+].[K+]. The van der Waals surface area contributed by atoms with E-state index in [1.54, 1.807) is 114 Å². The number of carbonyl (C=O) groups excluding carboxylic acids is 5. The maximum Gasteiger partial charge on any atom is 1.00 e. The summed E-state index contributed by atoms with van der Waals surface area (Å²) in [6, 6.07) is 48.6. The minimum Gasteiger partial charge on any atom is -1.00 e. The van der Waals surface area contributed by atoms with Gasteiger partial charge in [-0.3, -0.25) is 17.3 Å². The molecule has 24 nitrogen and oxygen atoms in total. The predicted molar refractivity (Wildman–Crippen MR) is 347 cm³/mol. The average Bonchev–Trinajstić information content (AvgIpc) is 1.11. The first-order valence-electron chi connectivity index (χ1n) is 29.3. The third kappa shape index (κ3) is 35.6. The molecule has 0 aliphatic carbocycles. The Hall–Kier alpha value is -5.95. The van der Waals surface area contributed by atoms with Crippen LogP contribution in [0.2, 0.25) is 0 Å². The summed E-state index contributed by atoms with van der Waals surface area (Å²) >= 11 is 0. The van der Waals surface area contributed by atoms with Crippen molar-refractivity contribution in [2.75, 3.05) is 26.4 Å². The van der Waals surface area contributed by atoms with E-state index in [1.807, 2.05) is 81.4 Å². The van der Waals surface area contributed by atoms with Crippen molar-refractivity contribution in [3.05, 3.63) is 221 Å². The fraction of sp³-hybridized carbons (Fsp3) is 0.309. The molecular weight excluding hydrogens is 1370 g/mol. The van der Waals surface area contributed by atoms with Crippen molar-refractivity contribution in [1.29, 1.82) is 0 Å². The van der Waals surface area contributed by atoms with Crippen LogP contribution in [-0.4, -0.2) is 111 Å². The molecule has 0 spiro atoms. The number of nitrogens with one attached hydrogen (secondary N) is 2. The van der Waals surface area contributed by atoms with E-state index in [9.17, 15) is 49.5 Å². The molecule has 7 aromatic rings. The van der Waals surface area contributed by atoms with Crippen LogP contribution in [-0.2, 0) is 107 Å². The maximum atomic E-state index is 12.9. The number of phenolic OH excluding ortho intramolecular Hbond substituents is 1. The first-order valence-corrected chi connectivity index (χ1v) is 33.5. The number of phenols is 1. The van der Waals surface area contributed by atoms with Crippen molar-refractivity contribution in [2.45, 2.75) is 126 Å². The van der Waals surface area contributed by atoms with Crippen LogP contribution in [0.3, 0.4) is 0 Å². The molecule has 0 aliphatic rings. The fourth-order valence-corrected chi connectivity index (χ4v) is 10.4. The molecule has 0 saturated carbocycles.